The topological polar surface area (TPSA) is 52.6 Å². The van der Waals surface area contributed by atoms with E-state index in [1.54, 1.807) is 0 Å². The van der Waals surface area contributed by atoms with E-state index in [-0.39, 0.29) is 5.91 Å². The van der Waals surface area contributed by atoms with Crippen molar-refractivity contribution in [1.29, 1.82) is 0 Å². The fraction of sp³-hybridized carbons (Fsp3) is 0.842. The predicted molar refractivity (Wildman–Crippen MR) is 98.6 cm³/mol. The van der Waals surface area contributed by atoms with Gasteiger partial charge in [-0.15, -0.1) is 0 Å². The van der Waals surface area contributed by atoms with Gasteiger partial charge in [-0.25, -0.2) is 0 Å². The third-order valence-corrected chi connectivity index (χ3v) is 4.09. The van der Waals surface area contributed by atoms with Crippen LogP contribution in [-0.2, 0) is 4.79 Å². The lowest BCUT2D eigenvalue weighted by Crippen LogP contribution is -2.35. The fourth-order valence-corrected chi connectivity index (χ4v) is 2.57. The summed E-state index contributed by atoms with van der Waals surface area (Å²) >= 11 is 0. The van der Waals surface area contributed by atoms with Gasteiger partial charge in [0.1, 0.15) is 0 Å². The van der Waals surface area contributed by atoms with Gasteiger partial charge in [0.15, 0.2) is 0 Å². The molecule has 0 radical (unpaired) electrons. The second kappa shape index (κ2) is 17.5. The number of nitrogens with one attached hydrogen (secondary N) is 1. The highest BCUT2D eigenvalue weighted by Gasteiger charge is 2.04. The minimum absolute atomic E-state index is 0.175. The molecule has 2 N–H and O–H groups in total. The van der Waals surface area contributed by atoms with E-state index in [1.165, 1.54) is 25.7 Å². The van der Waals surface area contributed by atoms with Crippen LogP contribution in [0.25, 0.3) is 0 Å². The summed E-state index contributed by atoms with van der Waals surface area (Å²) in [6.07, 6.45) is 13.8. The number of hydrogen-bond acceptors (Lipinski definition) is 3. The average molecular weight is 327 g/mol. The molecule has 0 spiro atoms. The van der Waals surface area contributed by atoms with Gasteiger partial charge in [-0.3, -0.25) is 4.79 Å². The molecule has 0 saturated carbocycles. The molecule has 0 saturated heterocycles. The number of carbonyl (C=O) groups is 1. The highest BCUT2D eigenvalue weighted by molar-refractivity contribution is 5.75. The minimum atomic E-state index is 0.175. The van der Waals surface area contributed by atoms with Crippen LogP contribution in [0.3, 0.4) is 0 Å². The van der Waals surface area contributed by atoms with Crippen LogP contribution in [0, 0.1) is 0 Å². The Bertz CT molecular complexity index is 293. The Morgan fingerprint density at radius 2 is 1.74 bits per heavy atom. The number of aliphatic hydroxyl groups is 1. The quantitative estimate of drug-likeness (QED) is 0.337. The maximum atomic E-state index is 11.7. The third kappa shape index (κ3) is 15.8. The summed E-state index contributed by atoms with van der Waals surface area (Å²) in [6.45, 7) is 8.38. The van der Waals surface area contributed by atoms with Crippen LogP contribution in [0.1, 0.15) is 71.6 Å². The summed E-state index contributed by atoms with van der Waals surface area (Å²) in [5.74, 6) is 0.175. The van der Waals surface area contributed by atoms with Crippen molar-refractivity contribution < 1.29 is 9.90 Å². The summed E-state index contributed by atoms with van der Waals surface area (Å²) in [5, 5.41) is 11.7. The van der Waals surface area contributed by atoms with Crippen LogP contribution in [0.4, 0.5) is 0 Å². The Balaban J connectivity index is 3.52. The van der Waals surface area contributed by atoms with Gasteiger partial charge in [0.2, 0.25) is 5.91 Å². The number of aliphatic hydroxyl groups excluding tert-OH is 1. The SMILES string of the molecule is C/C=C/CCCC(=O)NCCN(CC)CCCCCCCCO. The van der Waals surface area contributed by atoms with E-state index in [4.69, 9.17) is 5.11 Å². The van der Waals surface area contributed by atoms with E-state index in [0.717, 1.165) is 51.9 Å². The van der Waals surface area contributed by atoms with Gasteiger partial charge in [0.25, 0.3) is 0 Å². The smallest absolute Gasteiger partial charge is 0.220 e. The van der Waals surface area contributed by atoms with E-state index in [9.17, 15) is 4.79 Å². The standard InChI is InChI=1S/C19H38N2O2/c1-3-5-6-11-14-19(23)20-15-17-21(4-2)16-12-9-7-8-10-13-18-22/h3,5,22H,4,6-18H2,1-2H3,(H,20,23)/b5-3+. The molecule has 0 aliphatic carbocycles. The number of likely N-dealkylation sites (N-methyl/N-ethyl adjacent to an activating group) is 1. The molecule has 136 valence electrons. The third-order valence-electron chi connectivity index (χ3n) is 4.09. The van der Waals surface area contributed by atoms with E-state index in [0.29, 0.717) is 13.0 Å². The van der Waals surface area contributed by atoms with E-state index >= 15 is 0 Å². The minimum Gasteiger partial charge on any atom is -0.396 e. The molecule has 4 heteroatoms. The number of carbonyl (C=O) groups excluding carboxylic acids is 1. The molecular formula is C19H38N2O2. The number of amides is 1. The first-order chi connectivity index (χ1) is 11.2. The van der Waals surface area contributed by atoms with Gasteiger partial charge in [0, 0.05) is 26.1 Å². The zero-order valence-corrected chi connectivity index (χ0v) is 15.4. The van der Waals surface area contributed by atoms with Gasteiger partial charge >= 0.3 is 0 Å². The van der Waals surface area contributed by atoms with Gasteiger partial charge in [0.05, 0.1) is 0 Å². The Hall–Kier alpha value is -0.870. The molecule has 0 heterocycles. The van der Waals surface area contributed by atoms with Crippen LogP contribution in [0.15, 0.2) is 12.2 Å². The van der Waals surface area contributed by atoms with Crippen LogP contribution < -0.4 is 5.32 Å². The van der Waals surface area contributed by atoms with Gasteiger partial charge in [-0.2, -0.15) is 0 Å². The molecule has 23 heavy (non-hydrogen) atoms. The molecule has 0 aromatic carbocycles. The summed E-state index contributed by atoms with van der Waals surface area (Å²) in [4.78, 5) is 14.1. The Kier molecular flexibility index (Phi) is 16.8. The highest BCUT2D eigenvalue weighted by atomic mass is 16.2. The number of allylic oxidation sites excluding steroid dienone is 2. The van der Waals surface area contributed by atoms with Gasteiger partial charge < -0.3 is 15.3 Å². The lowest BCUT2D eigenvalue weighted by molar-refractivity contribution is -0.121. The van der Waals surface area contributed by atoms with Gasteiger partial charge in [-0.05, 0) is 45.7 Å². The van der Waals surface area contributed by atoms with Crippen LogP contribution in [0.5, 0.6) is 0 Å². The molecule has 1 amide bonds. The van der Waals surface area contributed by atoms with Crippen LogP contribution in [-0.4, -0.2) is 48.7 Å². The van der Waals surface area contributed by atoms with Crippen molar-refractivity contribution in [3.8, 4) is 0 Å². The maximum Gasteiger partial charge on any atom is 0.220 e. The zero-order chi connectivity index (χ0) is 17.2. The molecule has 4 nitrogen and oxygen atoms in total. The zero-order valence-electron chi connectivity index (χ0n) is 15.4. The molecule has 0 aromatic heterocycles. The summed E-state index contributed by atoms with van der Waals surface area (Å²) < 4.78 is 0. The Morgan fingerprint density at radius 3 is 2.39 bits per heavy atom. The molecule has 0 unspecified atom stereocenters. The first-order valence-electron chi connectivity index (χ1n) is 9.45. The van der Waals surface area contributed by atoms with E-state index in [2.05, 4.69) is 23.2 Å². The number of rotatable bonds is 16. The first-order valence-corrected chi connectivity index (χ1v) is 9.45. The van der Waals surface area contributed by atoms with Crippen molar-refractivity contribution in [2.75, 3.05) is 32.8 Å². The molecule has 0 aliphatic heterocycles. The van der Waals surface area contributed by atoms with Crippen LogP contribution >= 0.6 is 0 Å². The van der Waals surface area contributed by atoms with Crippen molar-refractivity contribution in [3.63, 3.8) is 0 Å². The largest absolute Gasteiger partial charge is 0.396 e. The molecule has 0 fully saturated rings. The van der Waals surface area contributed by atoms with Crippen molar-refractivity contribution >= 4 is 5.91 Å². The molecule has 0 atom stereocenters. The molecule has 0 rings (SSSR count). The normalized spacial score (nSPS) is 11.5. The predicted octanol–water partition coefficient (Wildman–Crippen LogP) is 3.50. The number of unbranched alkanes of at least 4 members (excludes halogenated alkanes) is 6. The van der Waals surface area contributed by atoms with Gasteiger partial charge in [-0.1, -0.05) is 44.8 Å². The van der Waals surface area contributed by atoms with Crippen molar-refractivity contribution in [1.82, 2.24) is 10.2 Å². The number of hydrogen-bond donors (Lipinski definition) is 2. The maximum absolute atomic E-state index is 11.7. The number of nitrogens with zero attached hydrogens (tertiary/aromatic N) is 1. The molecule has 0 bridgehead atoms. The second-order valence-corrected chi connectivity index (χ2v) is 6.09. The summed E-state index contributed by atoms with van der Waals surface area (Å²) in [7, 11) is 0. The van der Waals surface area contributed by atoms with E-state index in [1.807, 2.05) is 13.0 Å². The highest BCUT2D eigenvalue weighted by Crippen LogP contribution is 2.06. The fourth-order valence-electron chi connectivity index (χ4n) is 2.57. The molecule has 0 aromatic rings. The summed E-state index contributed by atoms with van der Waals surface area (Å²) in [5.41, 5.74) is 0. The lowest BCUT2D eigenvalue weighted by atomic mass is 10.1. The van der Waals surface area contributed by atoms with Crippen molar-refractivity contribution in [2.24, 2.45) is 0 Å². The van der Waals surface area contributed by atoms with Crippen LogP contribution in [0.2, 0.25) is 0 Å². The second-order valence-electron chi connectivity index (χ2n) is 6.09. The molecule has 0 aliphatic rings. The lowest BCUT2D eigenvalue weighted by Gasteiger charge is -2.20. The van der Waals surface area contributed by atoms with E-state index < -0.39 is 0 Å². The summed E-state index contributed by atoms with van der Waals surface area (Å²) in [6, 6.07) is 0. The molecular weight excluding hydrogens is 288 g/mol. The average Bonchev–Trinajstić information content (AvgIpc) is 2.56. The first kappa shape index (κ1) is 22.1. The Labute approximate surface area is 143 Å². The van der Waals surface area contributed by atoms with Crippen molar-refractivity contribution in [3.05, 3.63) is 12.2 Å². The monoisotopic (exact) mass is 326 g/mol. The Morgan fingerprint density at radius 1 is 1.04 bits per heavy atom. The van der Waals surface area contributed by atoms with Crippen molar-refractivity contribution in [2.45, 2.75) is 71.6 Å².